The van der Waals surface area contributed by atoms with E-state index in [4.69, 9.17) is 19.3 Å². The summed E-state index contributed by atoms with van der Waals surface area (Å²) in [7, 11) is -4.74. The van der Waals surface area contributed by atoms with Crippen molar-refractivity contribution < 1.29 is 42.7 Å². The molecular formula is C27H52NO9P. The molecule has 0 rings (SSSR count). The van der Waals surface area contributed by atoms with Crippen LogP contribution in [0.1, 0.15) is 129 Å². The molecule has 0 saturated heterocycles. The molecular weight excluding hydrogens is 513 g/mol. The summed E-state index contributed by atoms with van der Waals surface area (Å²) in [5.74, 6) is -0.937. The average molecular weight is 566 g/mol. The fraction of sp³-hybridized carbons (Fsp3) is 0.889. The molecule has 0 aliphatic rings. The third-order valence-electron chi connectivity index (χ3n) is 6.07. The number of carbonyl (C=O) groups excluding carboxylic acids is 3. The Morgan fingerprint density at radius 3 is 1.68 bits per heavy atom. The van der Waals surface area contributed by atoms with Crippen LogP contribution < -0.4 is 5.32 Å². The first-order valence-electron chi connectivity index (χ1n) is 14.4. The first-order chi connectivity index (χ1) is 18.1. The number of rotatable bonds is 26. The molecule has 0 radical (unpaired) electrons. The van der Waals surface area contributed by atoms with Crippen molar-refractivity contribution in [1.82, 2.24) is 5.32 Å². The van der Waals surface area contributed by atoms with Gasteiger partial charge in [-0.25, -0.2) is 4.57 Å². The normalized spacial score (nSPS) is 12.2. The molecule has 1 atom stereocenters. The van der Waals surface area contributed by atoms with Gasteiger partial charge in [0.05, 0.1) is 6.61 Å². The van der Waals surface area contributed by atoms with Crippen LogP contribution in [0.3, 0.4) is 0 Å². The van der Waals surface area contributed by atoms with Gasteiger partial charge in [-0.15, -0.1) is 0 Å². The molecule has 0 spiro atoms. The third kappa shape index (κ3) is 27.6. The van der Waals surface area contributed by atoms with Gasteiger partial charge in [-0.2, -0.15) is 0 Å². The lowest BCUT2D eigenvalue weighted by molar-refractivity contribution is -0.161. The Balaban J connectivity index is 4.03. The largest absolute Gasteiger partial charge is 0.469 e. The minimum Gasteiger partial charge on any atom is -0.462 e. The first-order valence-corrected chi connectivity index (χ1v) is 16.0. The van der Waals surface area contributed by atoms with Gasteiger partial charge in [0.2, 0.25) is 5.91 Å². The molecule has 0 saturated carbocycles. The summed E-state index contributed by atoms with van der Waals surface area (Å²) in [5, 5.41) is 2.78. The standard InChI is InChI=1S/C27H52NO9P/c1-3-4-5-6-7-10-14-17-20-27(31)37-25(23-36-38(32,33)34)22-35-26(30)19-16-13-11-8-9-12-15-18-21-28-24(2)29/h25H,3-23H2,1-2H3,(H,28,29)(H2,32,33,34)/t25-/m0/s1. The smallest absolute Gasteiger partial charge is 0.462 e. The van der Waals surface area contributed by atoms with Crippen molar-refractivity contribution in [1.29, 1.82) is 0 Å². The predicted molar refractivity (Wildman–Crippen MR) is 146 cm³/mol. The van der Waals surface area contributed by atoms with Crippen LogP contribution >= 0.6 is 7.82 Å². The number of amides is 1. The van der Waals surface area contributed by atoms with E-state index in [0.717, 1.165) is 70.8 Å². The molecule has 0 heterocycles. The van der Waals surface area contributed by atoms with E-state index in [2.05, 4.69) is 16.8 Å². The molecule has 0 aromatic heterocycles. The molecule has 0 aromatic carbocycles. The molecule has 10 nitrogen and oxygen atoms in total. The first kappa shape index (κ1) is 36.5. The molecule has 38 heavy (non-hydrogen) atoms. The Bertz CT molecular complexity index is 669. The van der Waals surface area contributed by atoms with Crippen molar-refractivity contribution in [2.24, 2.45) is 0 Å². The maximum atomic E-state index is 12.2. The monoisotopic (exact) mass is 565 g/mol. The van der Waals surface area contributed by atoms with Crippen molar-refractivity contribution in [2.75, 3.05) is 19.8 Å². The van der Waals surface area contributed by atoms with E-state index in [0.29, 0.717) is 12.8 Å². The second-order valence-electron chi connectivity index (χ2n) is 9.87. The number of esters is 2. The fourth-order valence-corrected chi connectivity index (χ4v) is 4.28. The van der Waals surface area contributed by atoms with E-state index in [-0.39, 0.29) is 25.4 Å². The van der Waals surface area contributed by atoms with Crippen LogP contribution in [0, 0.1) is 0 Å². The van der Waals surface area contributed by atoms with Gasteiger partial charge in [-0.05, 0) is 19.3 Å². The summed E-state index contributed by atoms with van der Waals surface area (Å²) in [6.45, 7) is 3.56. The second-order valence-corrected chi connectivity index (χ2v) is 11.1. The summed E-state index contributed by atoms with van der Waals surface area (Å²) in [6.07, 6.45) is 16.1. The van der Waals surface area contributed by atoms with Crippen molar-refractivity contribution in [3.8, 4) is 0 Å². The van der Waals surface area contributed by atoms with Gasteiger partial charge in [0.15, 0.2) is 6.10 Å². The van der Waals surface area contributed by atoms with Crippen LogP contribution in [0.5, 0.6) is 0 Å². The van der Waals surface area contributed by atoms with Gasteiger partial charge in [0.1, 0.15) is 6.61 Å². The molecule has 0 unspecified atom stereocenters. The Morgan fingerprint density at radius 1 is 0.711 bits per heavy atom. The minimum atomic E-state index is -4.74. The number of phosphoric acid groups is 1. The Labute approximate surface area is 229 Å². The molecule has 0 fully saturated rings. The van der Waals surface area contributed by atoms with Gasteiger partial charge < -0.3 is 24.6 Å². The number of hydrogen-bond acceptors (Lipinski definition) is 7. The summed E-state index contributed by atoms with van der Waals surface area (Å²) in [5.41, 5.74) is 0. The Morgan fingerprint density at radius 2 is 1.18 bits per heavy atom. The molecule has 224 valence electrons. The molecule has 0 aliphatic heterocycles. The highest BCUT2D eigenvalue weighted by molar-refractivity contribution is 7.46. The Kier molecular flexibility index (Phi) is 23.6. The maximum absolute atomic E-state index is 12.2. The van der Waals surface area contributed by atoms with Crippen molar-refractivity contribution in [3.05, 3.63) is 0 Å². The highest BCUT2D eigenvalue weighted by atomic mass is 31.2. The zero-order valence-corrected chi connectivity index (χ0v) is 24.5. The van der Waals surface area contributed by atoms with Gasteiger partial charge in [-0.1, -0.05) is 90.4 Å². The molecule has 0 bridgehead atoms. The molecule has 1 amide bonds. The maximum Gasteiger partial charge on any atom is 0.469 e. The average Bonchev–Trinajstić information content (AvgIpc) is 2.85. The van der Waals surface area contributed by atoms with Crippen LogP contribution in [0.4, 0.5) is 0 Å². The highest BCUT2D eigenvalue weighted by Crippen LogP contribution is 2.35. The lowest BCUT2D eigenvalue weighted by Gasteiger charge is -2.18. The van der Waals surface area contributed by atoms with E-state index < -0.39 is 32.5 Å². The number of nitrogens with one attached hydrogen (secondary N) is 1. The van der Waals surface area contributed by atoms with E-state index in [9.17, 15) is 18.9 Å². The highest BCUT2D eigenvalue weighted by Gasteiger charge is 2.22. The molecule has 0 aliphatic carbocycles. The lowest BCUT2D eigenvalue weighted by Crippen LogP contribution is -2.29. The van der Waals surface area contributed by atoms with E-state index in [1.165, 1.54) is 32.6 Å². The molecule has 3 N–H and O–H groups in total. The van der Waals surface area contributed by atoms with E-state index in [1.807, 2.05) is 0 Å². The van der Waals surface area contributed by atoms with Crippen molar-refractivity contribution >= 4 is 25.7 Å². The van der Waals surface area contributed by atoms with E-state index in [1.54, 1.807) is 0 Å². The molecule has 11 heteroatoms. The second kappa shape index (κ2) is 24.6. The van der Waals surface area contributed by atoms with Gasteiger partial charge in [-0.3, -0.25) is 18.9 Å². The van der Waals surface area contributed by atoms with Crippen molar-refractivity contribution in [3.63, 3.8) is 0 Å². The van der Waals surface area contributed by atoms with Crippen LogP contribution in [0.2, 0.25) is 0 Å². The summed E-state index contributed by atoms with van der Waals surface area (Å²) in [6, 6.07) is 0. The number of hydrogen-bond donors (Lipinski definition) is 3. The summed E-state index contributed by atoms with van der Waals surface area (Å²) >= 11 is 0. The van der Waals surface area contributed by atoms with Crippen LogP contribution in [0.15, 0.2) is 0 Å². The number of unbranched alkanes of at least 4 members (excludes halogenated alkanes) is 14. The third-order valence-corrected chi connectivity index (χ3v) is 6.56. The van der Waals surface area contributed by atoms with Gasteiger partial charge in [0.25, 0.3) is 0 Å². The zero-order valence-electron chi connectivity index (χ0n) is 23.6. The molecule has 0 aromatic rings. The van der Waals surface area contributed by atoms with Crippen molar-refractivity contribution in [2.45, 2.75) is 136 Å². The number of ether oxygens (including phenoxy) is 2. The zero-order chi connectivity index (χ0) is 28.5. The van der Waals surface area contributed by atoms with Crippen LogP contribution in [-0.4, -0.2) is 53.5 Å². The SMILES string of the molecule is CCCCCCCCCCC(=O)O[C@@H](COC(=O)CCCCCCCCCCNC(C)=O)COP(=O)(O)O. The fourth-order valence-electron chi connectivity index (χ4n) is 3.92. The quantitative estimate of drug-likeness (QED) is 0.0679. The minimum absolute atomic E-state index is 0.00335. The number of carbonyl (C=O) groups is 3. The Hall–Kier alpha value is -1.48. The lowest BCUT2D eigenvalue weighted by atomic mass is 10.1. The van der Waals surface area contributed by atoms with E-state index >= 15 is 0 Å². The summed E-state index contributed by atoms with van der Waals surface area (Å²) in [4.78, 5) is 52.9. The van der Waals surface area contributed by atoms with Gasteiger partial charge >= 0.3 is 19.8 Å². The topological polar surface area (TPSA) is 148 Å². The van der Waals surface area contributed by atoms with Crippen LogP contribution in [0.25, 0.3) is 0 Å². The van der Waals surface area contributed by atoms with Gasteiger partial charge in [0, 0.05) is 26.3 Å². The predicted octanol–water partition coefficient (Wildman–Crippen LogP) is 5.73. The number of phosphoric ester groups is 1. The summed E-state index contributed by atoms with van der Waals surface area (Å²) < 4.78 is 26.0. The van der Waals surface area contributed by atoms with Crippen LogP contribution in [-0.2, 0) is 32.9 Å².